The van der Waals surface area contributed by atoms with Crippen molar-refractivity contribution in [2.75, 3.05) is 39.3 Å². The van der Waals surface area contributed by atoms with Gasteiger partial charge in [-0.1, -0.05) is 40.5 Å². The van der Waals surface area contributed by atoms with Crippen molar-refractivity contribution >= 4 is 11.8 Å². The lowest BCUT2D eigenvalue weighted by Crippen LogP contribution is -2.59. The van der Waals surface area contributed by atoms with Gasteiger partial charge in [-0.2, -0.15) is 0 Å². The van der Waals surface area contributed by atoms with Crippen LogP contribution in [-0.2, 0) is 9.59 Å². The Balaban J connectivity index is 1.62. The summed E-state index contributed by atoms with van der Waals surface area (Å²) in [5.74, 6) is 1.88. The van der Waals surface area contributed by atoms with Crippen molar-refractivity contribution < 1.29 is 9.59 Å². The topological polar surface area (TPSA) is 43.9 Å². The van der Waals surface area contributed by atoms with Crippen molar-refractivity contribution in [3.05, 3.63) is 0 Å². The fourth-order valence-corrected chi connectivity index (χ4v) is 5.16. The number of hydrogen-bond acceptors (Lipinski definition) is 3. The maximum absolute atomic E-state index is 13.5. The molecule has 28 heavy (non-hydrogen) atoms. The molecule has 5 nitrogen and oxygen atoms in total. The molecule has 2 saturated heterocycles. The summed E-state index contributed by atoms with van der Waals surface area (Å²) in [7, 11) is 0. The number of hydrogen-bond donors (Lipinski definition) is 0. The molecule has 0 bridgehead atoms. The summed E-state index contributed by atoms with van der Waals surface area (Å²) in [5.41, 5.74) is 0.0297. The molecular weight excluding hydrogens is 350 g/mol. The average molecular weight is 392 g/mol. The Morgan fingerprint density at radius 2 is 1.43 bits per heavy atom. The zero-order valence-electron chi connectivity index (χ0n) is 18.6. The highest BCUT2D eigenvalue weighted by Crippen LogP contribution is 2.33. The lowest BCUT2D eigenvalue weighted by atomic mass is 9.91. The molecule has 3 rings (SSSR count). The summed E-state index contributed by atoms with van der Waals surface area (Å²) in [4.78, 5) is 32.7. The molecule has 0 aromatic rings. The summed E-state index contributed by atoms with van der Waals surface area (Å²) in [5, 5.41) is 0. The number of piperidine rings is 1. The predicted octanol–water partition coefficient (Wildman–Crippen LogP) is 3.38. The zero-order chi connectivity index (χ0) is 20.3. The van der Waals surface area contributed by atoms with E-state index in [1.54, 1.807) is 0 Å². The van der Waals surface area contributed by atoms with Crippen LogP contribution in [0.3, 0.4) is 0 Å². The van der Waals surface area contributed by atoms with E-state index in [4.69, 9.17) is 0 Å². The minimum Gasteiger partial charge on any atom is -0.341 e. The summed E-state index contributed by atoms with van der Waals surface area (Å²) in [6.07, 6.45) is 7.76. The van der Waals surface area contributed by atoms with E-state index in [1.807, 2.05) is 4.90 Å². The molecule has 0 N–H and O–H groups in total. The largest absolute Gasteiger partial charge is 0.341 e. The number of carbonyl (C=O) groups excluding carboxylic acids is 2. The molecule has 3 aliphatic rings. The van der Waals surface area contributed by atoms with E-state index in [-0.39, 0.29) is 17.4 Å². The van der Waals surface area contributed by atoms with E-state index in [2.05, 4.69) is 37.5 Å². The number of nitrogens with zero attached hydrogens (tertiary/aromatic N) is 3. The van der Waals surface area contributed by atoms with Crippen LogP contribution >= 0.6 is 0 Å². The average Bonchev–Trinajstić information content (AvgIpc) is 3.16. The van der Waals surface area contributed by atoms with Crippen LogP contribution in [0.4, 0.5) is 0 Å². The molecule has 2 aliphatic heterocycles. The molecular formula is C23H41N3O2. The third-order valence-electron chi connectivity index (χ3n) is 6.94. The maximum Gasteiger partial charge on any atom is 0.240 e. The number of piperazine rings is 1. The maximum atomic E-state index is 13.5. The third-order valence-corrected chi connectivity index (χ3v) is 6.94. The van der Waals surface area contributed by atoms with Gasteiger partial charge < -0.3 is 9.80 Å². The first kappa shape index (κ1) is 21.6. The van der Waals surface area contributed by atoms with Gasteiger partial charge in [-0.25, -0.2) is 0 Å². The smallest absolute Gasteiger partial charge is 0.240 e. The van der Waals surface area contributed by atoms with E-state index in [0.29, 0.717) is 18.2 Å². The molecule has 1 saturated carbocycles. The number of likely N-dealkylation sites (tertiary alicyclic amines) is 1. The Kier molecular flexibility index (Phi) is 7.06. The second-order valence-corrected chi connectivity index (χ2v) is 10.7. The van der Waals surface area contributed by atoms with Crippen molar-refractivity contribution in [3.63, 3.8) is 0 Å². The van der Waals surface area contributed by atoms with Crippen LogP contribution < -0.4 is 0 Å². The van der Waals surface area contributed by atoms with Gasteiger partial charge in [-0.05, 0) is 42.9 Å². The SMILES string of the molecule is CC1CCN(C(=O)C(C2CCCC2)N2CCN(C(=O)CC(C)(C)C)CC2)CC1. The van der Waals surface area contributed by atoms with Gasteiger partial charge in [0.25, 0.3) is 0 Å². The molecule has 1 atom stereocenters. The van der Waals surface area contributed by atoms with Crippen molar-refractivity contribution in [2.45, 2.75) is 78.7 Å². The number of carbonyl (C=O) groups is 2. The molecule has 160 valence electrons. The Labute approximate surface area is 171 Å². The molecule has 5 heteroatoms. The second kappa shape index (κ2) is 9.15. The fourth-order valence-electron chi connectivity index (χ4n) is 5.16. The van der Waals surface area contributed by atoms with Gasteiger partial charge in [0.1, 0.15) is 0 Å². The van der Waals surface area contributed by atoms with Crippen molar-refractivity contribution in [1.29, 1.82) is 0 Å². The van der Waals surface area contributed by atoms with Gasteiger partial charge >= 0.3 is 0 Å². The van der Waals surface area contributed by atoms with Crippen LogP contribution in [0.15, 0.2) is 0 Å². The van der Waals surface area contributed by atoms with Gasteiger partial charge in [0.2, 0.25) is 11.8 Å². The second-order valence-electron chi connectivity index (χ2n) is 10.7. The van der Waals surface area contributed by atoms with Crippen LogP contribution in [0.2, 0.25) is 0 Å². The Hall–Kier alpha value is -1.10. The highest BCUT2D eigenvalue weighted by atomic mass is 16.2. The lowest BCUT2D eigenvalue weighted by Gasteiger charge is -2.43. The third kappa shape index (κ3) is 5.49. The van der Waals surface area contributed by atoms with E-state index in [0.717, 1.165) is 58.0 Å². The normalized spacial score (nSPS) is 24.6. The first-order chi connectivity index (χ1) is 13.2. The van der Waals surface area contributed by atoms with Gasteiger partial charge in [0.15, 0.2) is 0 Å². The number of rotatable bonds is 4. The first-order valence-electron chi connectivity index (χ1n) is 11.6. The fraction of sp³-hybridized carbons (Fsp3) is 0.913. The van der Waals surface area contributed by atoms with Crippen LogP contribution in [0.5, 0.6) is 0 Å². The molecule has 0 radical (unpaired) electrons. The van der Waals surface area contributed by atoms with Crippen molar-refractivity contribution in [2.24, 2.45) is 17.3 Å². The molecule has 0 aromatic heterocycles. The highest BCUT2D eigenvalue weighted by molar-refractivity contribution is 5.82. The molecule has 2 heterocycles. The number of amides is 2. The van der Waals surface area contributed by atoms with Gasteiger partial charge in [-0.15, -0.1) is 0 Å². The molecule has 2 amide bonds. The van der Waals surface area contributed by atoms with E-state index in [9.17, 15) is 9.59 Å². The van der Waals surface area contributed by atoms with E-state index >= 15 is 0 Å². The monoisotopic (exact) mass is 391 g/mol. The lowest BCUT2D eigenvalue weighted by molar-refractivity contribution is -0.143. The predicted molar refractivity (Wildman–Crippen MR) is 113 cm³/mol. The van der Waals surface area contributed by atoms with Crippen LogP contribution in [-0.4, -0.2) is 71.8 Å². The quantitative estimate of drug-likeness (QED) is 0.738. The summed E-state index contributed by atoms with van der Waals surface area (Å²) < 4.78 is 0. The molecule has 0 spiro atoms. The molecule has 0 aromatic carbocycles. The van der Waals surface area contributed by atoms with Crippen LogP contribution in [0.25, 0.3) is 0 Å². The molecule has 1 unspecified atom stereocenters. The van der Waals surface area contributed by atoms with Gasteiger partial charge in [0, 0.05) is 45.7 Å². The van der Waals surface area contributed by atoms with Gasteiger partial charge in [0.05, 0.1) is 6.04 Å². The first-order valence-corrected chi connectivity index (χ1v) is 11.6. The summed E-state index contributed by atoms with van der Waals surface area (Å²) >= 11 is 0. The molecule has 3 fully saturated rings. The van der Waals surface area contributed by atoms with Crippen LogP contribution in [0.1, 0.15) is 72.6 Å². The Morgan fingerprint density at radius 3 is 1.96 bits per heavy atom. The Morgan fingerprint density at radius 1 is 0.857 bits per heavy atom. The highest BCUT2D eigenvalue weighted by Gasteiger charge is 2.40. The van der Waals surface area contributed by atoms with E-state index < -0.39 is 0 Å². The van der Waals surface area contributed by atoms with Crippen molar-refractivity contribution in [3.8, 4) is 0 Å². The van der Waals surface area contributed by atoms with Gasteiger partial charge in [-0.3, -0.25) is 14.5 Å². The minimum atomic E-state index is 0.0297. The van der Waals surface area contributed by atoms with Crippen LogP contribution in [0, 0.1) is 17.3 Å². The molecule has 1 aliphatic carbocycles. The zero-order valence-corrected chi connectivity index (χ0v) is 18.6. The standard InChI is InChI=1S/C23H41N3O2/c1-18-9-11-26(12-10-18)22(28)21(19-7-5-6-8-19)25-15-13-24(14-16-25)20(27)17-23(2,3)4/h18-19,21H,5-17H2,1-4H3. The minimum absolute atomic E-state index is 0.0297. The summed E-state index contributed by atoms with van der Waals surface area (Å²) in [6, 6.07) is 0.0378. The van der Waals surface area contributed by atoms with E-state index in [1.165, 1.54) is 25.7 Å². The Bertz CT molecular complexity index is 535. The van der Waals surface area contributed by atoms with Crippen molar-refractivity contribution in [1.82, 2.24) is 14.7 Å². The summed E-state index contributed by atoms with van der Waals surface area (Å²) in [6.45, 7) is 13.7.